The minimum Gasteiger partial charge on any atom is -0.469 e. The molecule has 194 valence electrons. The molecular formula is C27H41N3O5. The second-order valence-corrected chi connectivity index (χ2v) is 10.7. The Morgan fingerprint density at radius 3 is 2.06 bits per heavy atom. The molecule has 1 N–H and O–H groups in total. The highest BCUT2D eigenvalue weighted by atomic mass is 16.6. The number of carbonyl (C=O) groups excluding carboxylic acids is 3. The van der Waals surface area contributed by atoms with Gasteiger partial charge in [0, 0.05) is 50.4 Å². The lowest BCUT2D eigenvalue weighted by atomic mass is 9.92. The number of benzene rings is 1. The maximum atomic E-state index is 12.9. The normalized spacial score (nSPS) is 17.7. The monoisotopic (exact) mass is 487 g/mol. The van der Waals surface area contributed by atoms with Crippen LogP contribution in [0.1, 0.15) is 69.7 Å². The molecule has 0 aliphatic carbocycles. The second kappa shape index (κ2) is 12.3. The summed E-state index contributed by atoms with van der Waals surface area (Å²) in [5.74, 6) is 0.872. The smallest absolute Gasteiger partial charge is 0.410 e. The lowest BCUT2D eigenvalue weighted by molar-refractivity contribution is -0.141. The van der Waals surface area contributed by atoms with Crippen molar-refractivity contribution in [1.82, 2.24) is 9.80 Å². The number of likely N-dealkylation sites (tertiary alicyclic amines) is 2. The number of amides is 2. The first-order valence-corrected chi connectivity index (χ1v) is 12.8. The summed E-state index contributed by atoms with van der Waals surface area (Å²) in [7, 11) is 1.42. The van der Waals surface area contributed by atoms with E-state index >= 15 is 0 Å². The van der Waals surface area contributed by atoms with Gasteiger partial charge in [0.15, 0.2) is 0 Å². The first kappa shape index (κ1) is 26.8. The van der Waals surface area contributed by atoms with Crippen LogP contribution in [0, 0.1) is 11.8 Å². The standard InChI is InChI=1S/C27H41N3O5/c1-27(2,3)35-26(33)30-17-13-21(14-18-30)19-28-23-8-6-22(7-9-23)25(32)29-15-11-20(12-16-29)5-10-24(31)34-4/h6-9,20-21,28H,5,10-19H2,1-4H3. The van der Waals surface area contributed by atoms with E-state index in [1.165, 1.54) is 7.11 Å². The van der Waals surface area contributed by atoms with Gasteiger partial charge >= 0.3 is 12.1 Å². The van der Waals surface area contributed by atoms with Crippen LogP contribution < -0.4 is 5.32 Å². The van der Waals surface area contributed by atoms with Gasteiger partial charge in [-0.3, -0.25) is 9.59 Å². The van der Waals surface area contributed by atoms with Gasteiger partial charge in [0.05, 0.1) is 7.11 Å². The number of methoxy groups -OCH3 is 1. The van der Waals surface area contributed by atoms with Gasteiger partial charge in [-0.05, 0) is 89.0 Å². The van der Waals surface area contributed by atoms with Gasteiger partial charge < -0.3 is 24.6 Å². The van der Waals surface area contributed by atoms with E-state index in [4.69, 9.17) is 9.47 Å². The molecule has 2 aliphatic rings. The number of piperidine rings is 2. The van der Waals surface area contributed by atoms with Crippen molar-refractivity contribution >= 4 is 23.7 Å². The predicted molar refractivity (Wildman–Crippen MR) is 135 cm³/mol. The van der Waals surface area contributed by atoms with Gasteiger partial charge in [0.1, 0.15) is 5.60 Å². The zero-order chi connectivity index (χ0) is 25.4. The number of carbonyl (C=O) groups is 3. The molecule has 0 spiro atoms. The molecule has 2 aliphatic heterocycles. The third-order valence-electron chi connectivity index (χ3n) is 6.88. The molecule has 1 aromatic carbocycles. The summed E-state index contributed by atoms with van der Waals surface area (Å²) in [6.07, 6.45) is 4.79. The Morgan fingerprint density at radius 2 is 1.49 bits per heavy atom. The lowest BCUT2D eigenvalue weighted by Gasteiger charge is -2.33. The molecule has 0 atom stereocenters. The molecule has 3 rings (SSSR count). The Kier molecular flexibility index (Phi) is 9.40. The summed E-state index contributed by atoms with van der Waals surface area (Å²) >= 11 is 0. The fourth-order valence-corrected chi connectivity index (χ4v) is 4.67. The van der Waals surface area contributed by atoms with Crippen LogP contribution in [-0.4, -0.2) is 73.2 Å². The molecule has 2 heterocycles. The average molecular weight is 488 g/mol. The zero-order valence-electron chi connectivity index (χ0n) is 21.7. The first-order valence-electron chi connectivity index (χ1n) is 12.8. The molecule has 2 saturated heterocycles. The molecule has 0 unspecified atom stereocenters. The van der Waals surface area contributed by atoms with E-state index in [1.807, 2.05) is 49.9 Å². The first-order chi connectivity index (χ1) is 16.6. The average Bonchev–Trinajstić information content (AvgIpc) is 2.85. The largest absolute Gasteiger partial charge is 0.469 e. The van der Waals surface area contributed by atoms with Crippen LogP contribution in [0.25, 0.3) is 0 Å². The Balaban J connectivity index is 1.38. The van der Waals surface area contributed by atoms with E-state index in [2.05, 4.69) is 5.32 Å². The van der Waals surface area contributed by atoms with E-state index < -0.39 is 5.60 Å². The van der Waals surface area contributed by atoms with Crippen molar-refractivity contribution in [2.75, 3.05) is 45.2 Å². The zero-order valence-corrected chi connectivity index (χ0v) is 21.7. The van der Waals surface area contributed by atoms with E-state index in [9.17, 15) is 14.4 Å². The topological polar surface area (TPSA) is 88.2 Å². The van der Waals surface area contributed by atoms with Gasteiger partial charge in [-0.25, -0.2) is 4.79 Å². The maximum absolute atomic E-state index is 12.9. The summed E-state index contributed by atoms with van der Waals surface area (Å²) in [6, 6.07) is 7.70. The van der Waals surface area contributed by atoms with Crippen LogP contribution in [0.2, 0.25) is 0 Å². The van der Waals surface area contributed by atoms with Crippen LogP contribution in [-0.2, 0) is 14.3 Å². The third kappa shape index (κ3) is 8.44. The summed E-state index contributed by atoms with van der Waals surface area (Å²) in [5, 5.41) is 3.48. The lowest BCUT2D eigenvalue weighted by Crippen LogP contribution is -2.42. The minimum absolute atomic E-state index is 0.0671. The Morgan fingerprint density at radius 1 is 0.914 bits per heavy atom. The molecule has 2 fully saturated rings. The van der Waals surface area contributed by atoms with Gasteiger partial charge in [-0.1, -0.05) is 0 Å². The Labute approximate surface area is 209 Å². The fourth-order valence-electron chi connectivity index (χ4n) is 4.67. The van der Waals surface area contributed by atoms with E-state index in [0.717, 1.165) is 57.4 Å². The number of esters is 1. The Hall–Kier alpha value is -2.77. The van der Waals surface area contributed by atoms with Gasteiger partial charge in [-0.2, -0.15) is 0 Å². The molecule has 35 heavy (non-hydrogen) atoms. The molecule has 2 amide bonds. The summed E-state index contributed by atoms with van der Waals surface area (Å²) in [6.45, 7) is 9.39. The Bertz CT molecular complexity index is 849. The molecule has 8 nitrogen and oxygen atoms in total. The fraction of sp³-hybridized carbons (Fsp3) is 0.667. The third-order valence-corrected chi connectivity index (χ3v) is 6.88. The summed E-state index contributed by atoms with van der Waals surface area (Å²) in [5.41, 5.74) is 1.23. The minimum atomic E-state index is -0.467. The molecule has 0 aromatic heterocycles. The predicted octanol–water partition coefficient (Wildman–Crippen LogP) is 4.55. The summed E-state index contributed by atoms with van der Waals surface area (Å²) in [4.78, 5) is 40.2. The van der Waals surface area contributed by atoms with Crippen molar-refractivity contribution in [3.63, 3.8) is 0 Å². The number of nitrogens with one attached hydrogen (secondary N) is 1. The number of nitrogens with zero attached hydrogens (tertiary/aromatic N) is 2. The van der Waals surface area contributed by atoms with Crippen LogP contribution in [0.4, 0.5) is 10.5 Å². The quantitative estimate of drug-likeness (QED) is 0.568. The van der Waals surface area contributed by atoms with Crippen molar-refractivity contribution in [3.05, 3.63) is 29.8 Å². The van der Waals surface area contributed by atoms with Gasteiger partial charge in [-0.15, -0.1) is 0 Å². The highest BCUT2D eigenvalue weighted by molar-refractivity contribution is 5.94. The van der Waals surface area contributed by atoms with Crippen molar-refractivity contribution < 1.29 is 23.9 Å². The van der Waals surface area contributed by atoms with Crippen LogP contribution in [0.3, 0.4) is 0 Å². The van der Waals surface area contributed by atoms with Gasteiger partial charge in [0.2, 0.25) is 0 Å². The van der Waals surface area contributed by atoms with Gasteiger partial charge in [0.25, 0.3) is 5.91 Å². The van der Waals surface area contributed by atoms with E-state index in [-0.39, 0.29) is 18.0 Å². The van der Waals surface area contributed by atoms with E-state index in [0.29, 0.717) is 36.9 Å². The number of hydrogen-bond acceptors (Lipinski definition) is 6. The van der Waals surface area contributed by atoms with E-state index in [1.54, 1.807) is 4.90 Å². The highest BCUT2D eigenvalue weighted by Gasteiger charge is 2.27. The number of hydrogen-bond donors (Lipinski definition) is 1. The molecule has 0 bridgehead atoms. The number of ether oxygens (including phenoxy) is 2. The molecule has 0 radical (unpaired) electrons. The number of rotatable bonds is 7. The molecule has 1 aromatic rings. The highest BCUT2D eigenvalue weighted by Crippen LogP contribution is 2.24. The maximum Gasteiger partial charge on any atom is 0.410 e. The van der Waals surface area contributed by atoms with Crippen LogP contribution in [0.15, 0.2) is 24.3 Å². The second-order valence-electron chi connectivity index (χ2n) is 10.7. The van der Waals surface area contributed by atoms with Crippen molar-refractivity contribution in [3.8, 4) is 0 Å². The summed E-state index contributed by atoms with van der Waals surface area (Å²) < 4.78 is 10.2. The SMILES string of the molecule is COC(=O)CCC1CCN(C(=O)c2ccc(NCC3CCN(C(=O)OC(C)(C)C)CC3)cc2)CC1. The van der Waals surface area contributed by atoms with Crippen molar-refractivity contribution in [1.29, 1.82) is 0 Å². The molecule has 0 saturated carbocycles. The van der Waals surface area contributed by atoms with Crippen LogP contribution in [0.5, 0.6) is 0 Å². The van der Waals surface area contributed by atoms with Crippen molar-refractivity contribution in [2.24, 2.45) is 11.8 Å². The number of anilines is 1. The molecule has 8 heteroatoms. The van der Waals surface area contributed by atoms with Crippen molar-refractivity contribution in [2.45, 2.75) is 64.9 Å². The van der Waals surface area contributed by atoms with Crippen LogP contribution >= 0.6 is 0 Å². The molecular weight excluding hydrogens is 446 g/mol.